The van der Waals surface area contributed by atoms with Crippen LogP contribution in [0.1, 0.15) is 12.0 Å². The third-order valence-corrected chi connectivity index (χ3v) is 5.41. The van der Waals surface area contributed by atoms with Crippen molar-refractivity contribution in [1.29, 1.82) is 0 Å². The fourth-order valence-electron chi connectivity index (χ4n) is 3.97. The predicted molar refractivity (Wildman–Crippen MR) is 99.0 cm³/mol. The molecule has 0 aromatic heterocycles. The molecule has 1 saturated heterocycles. The number of amides is 2. The number of anilines is 2. The first-order chi connectivity index (χ1) is 13.2. The summed E-state index contributed by atoms with van der Waals surface area (Å²) in [4.78, 5) is 16.6. The zero-order chi connectivity index (χ0) is 18.4. The van der Waals surface area contributed by atoms with Crippen molar-refractivity contribution in [3.05, 3.63) is 47.8 Å². The van der Waals surface area contributed by atoms with E-state index in [1.807, 2.05) is 6.07 Å². The third kappa shape index (κ3) is 2.93. The summed E-state index contributed by atoms with van der Waals surface area (Å²) >= 11 is 0. The van der Waals surface area contributed by atoms with Crippen molar-refractivity contribution in [2.24, 2.45) is 0 Å². The minimum absolute atomic E-state index is 0.124. The van der Waals surface area contributed by atoms with Gasteiger partial charge in [-0.3, -0.25) is 0 Å². The Morgan fingerprint density at radius 3 is 2.85 bits per heavy atom. The molecule has 0 saturated carbocycles. The van der Waals surface area contributed by atoms with Gasteiger partial charge in [-0.25, -0.2) is 9.18 Å². The van der Waals surface area contributed by atoms with Crippen molar-refractivity contribution < 1.29 is 18.7 Å². The lowest BCUT2D eigenvalue weighted by molar-refractivity contribution is 0.160. The van der Waals surface area contributed by atoms with E-state index < -0.39 is 0 Å². The number of nitrogens with zero attached hydrogens (tertiary/aromatic N) is 2. The second-order valence-corrected chi connectivity index (χ2v) is 7.13. The van der Waals surface area contributed by atoms with E-state index in [0.717, 1.165) is 30.6 Å². The van der Waals surface area contributed by atoms with Crippen LogP contribution < -0.4 is 19.7 Å². The lowest BCUT2D eigenvalue weighted by Crippen LogP contribution is -2.62. The summed E-state index contributed by atoms with van der Waals surface area (Å²) < 4.78 is 24.1. The molecule has 1 fully saturated rings. The molecule has 0 atom stereocenters. The second-order valence-electron chi connectivity index (χ2n) is 7.13. The van der Waals surface area contributed by atoms with E-state index in [-0.39, 0.29) is 24.7 Å². The molecule has 7 heteroatoms. The average Bonchev–Trinajstić information content (AvgIpc) is 3.08. The summed E-state index contributed by atoms with van der Waals surface area (Å²) in [6.07, 6.45) is 1.92. The zero-order valence-electron chi connectivity index (χ0n) is 14.8. The Labute approximate surface area is 156 Å². The van der Waals surface area contributed by atoms with Gasteiger partial charge in [0.1, 0.15) is 5.82 Å². The van der Waals surface area contributed by atoms with Crippen LogP contribution in [0, 0.1) is 5.82 Å². The summed E-state index contributed by atoms with van der Waals surface area (Å²) in [6.45, 7) is 2.48. The predicted octanol–water partition coefficient (Wildman–Crippen LogP) is 3.22. The molecule has 0 radical (unpaired) electrons. The van der Waals surface area contributed by atoms with Gasteiger partial charge in [0, 0.05) is 37.1 Å². The minimum Gasteiger partial charge on any atom is -0.454 e. The van der Waals surface area contributed by atoms with Crippen LogP contribution in [0.25, 0.3) is 0 Å². The zero-order valence-corrected chi connectivity index (χ0v) is 14.8. The summed E-state index contributed by atoms with van der Waals surface area (Å²) in [5, 5.41) is 2.91. The fourth-order valence-corrected chi connectivity index (χ4v) is 3.97. The molecule has 2 amide bonds. The highest BCUT2D eigenvalue weighted by molar-refractivity contribution is 5.90. The largest absolute Gasteiger partial charge is 0.454 e. The molecular formula is C20H20FN3O3. The topological polar surface area (TPSA) is 54.0 Å². The number of urea groups is 1. The summed E-state index contributed by atoms with van der Waals surface area (Å²) in [5.41, 5.74) is 2.85. The van der Waals surface area contributed by atoms with Gasteiger partial charge >= 0.3 is 6.03 Å². The standard InChI is InChI=1S/C20H20FN3O3/c21-14-3-5-17-13(8-14)2-1-7-24(17)16-10-23(11-16)20(25)22-15-4-6-18-19(9-15)27-12-26-18/h3-6,8-9,16H,1-2,7,10-12H2,(H,22,25). The molecule has 5 rings (SSSR count). The SMILES string of the molecule is O=C(Nc1ccc2c(c1)OCO2)N1CC(N2CCCc3cc(F)ccc32)C1. The van der Waals surface area contributed by atoms with Crippen LogP contribution in [0.4, 0.5) is 20.6 Å². The molecular weight excluding hydrogens is 349 g/mol. The average molecular weight is 369 g/mol. The van der Waals surface area contributed by atoms with Crippen molar-refractivity contribution >= 4 is 17.4 Å². The van der Waals surface area contributed by atoms with Crippen LogP contribution in [-0.2, 0) is 6.42 Å². The van der Waals surface area contributed by atoms with Crippen molar-refractivity contribution in [2.75, 3.05) is 36.6 Å². The number of likely N-dealkylation sites (tertiary alicyclic amines) is 1. The smallest absolute Gasteiger partial charge is 0.321 e. The number of hydrogen-bond donors (Lipinski definition) is 1. The van der Waals surface area contributed by atoms with Crippen LogP contribution in [0.3, 0.4) is 0 Å². The monoisotopic (exact) mass is 369 g/mol. The van der Waals surface area contributed by atoms with E-state index in [2.05, 4.69) is 10.2 Å². The Balaban J connectivity index is 1.22. The normalized spacial score (nSPS) is 18.1. The van der Waals surface area contributed by atoms with E-state index in [0.29, 0.717) is 30.3 Å². The maximum absolute atomic E-state index is 13.5. The Morgan fingerprint density at radius 1 is 1.11 bits per heavy atom. The Hall–Kier alpha value is -2.96. The van der Waals surface area contributed by atoms with Gasteiger partial charge in [0.05, 0.1) is 6.04 Å². The fraction of sp³-hybridized carbons (Fsp3) is 0.350. The molecule has 0 spiro atoms. The molecule has 0 bridgehead atoms. The number of nitrogens with one attached hydrogen (secondary N) is 1. The molecule has 140 valence electrons. The van der Waals surface area contributed by atoms with Gasteiger partial charge < -0.3 is 24.6 Å². The molecule has 3 aliphatic heterocycles. The maximum atomic E-state index is 13.5. The number of carbonyl (C=O) groups excluding carboxylic acids is 1. The number of benzene rings is 2. The number of aryl methyl sites for hydroxylation is 1. The lowest BCUT2D eigenvalue weighted by atomic mass is 9.97. The summed E-state index contributed by atoms with van der Waals surface area (Å²) in [5.74, 6) is 1.15. The highest BCUT2D eigenvalue weighted by Gasteiger charge is 2.36. The van der Waals surface area contributed by atoms with Crippen LogP contribution in [0.15, 0.2) is 36.4 Å². The van der Waals surface area contributed by atoms with E-state index >= 15 is 0 Å². The molecule has 1 N–H and O–H groups in total. The van der Waals surface area contributed by atoms with Crippen molar-refractivity contribution in [3.8, 4) is 11.5 Å². The van der Waals surface area contributed by atoms with Gasteiger partial charge in [-0.05, 0) is 48.7 Å². The number of carbonyl (C=O) groups is 1. The quantitative estimate of drug-likeness (QED) is 0.883. The molecule has 3 aliphatic rings. The Morgan fingerprint density at radius 2 is 1.96 bits per heavy atom. The highest BCUT2D eigenvalue weighted by Crippen LogP contribution is 2.35. The van der Waals surface area contributed by atoms with E-state index in [4.69, 9.17) is 9.47 Å². The lowest BCUT2D eigenvalue weighted by Gasteiger charge is -2.48. The van der Waals surface area contributed by atoms with E-state index in [9.17, 15) is 9.18 Å². The van der Waals surface area contributed by atoms with Crippen molar-refractivity contribution in [1.82, 2.24) is 4.90 Å². The molecule has 27 heavy (non-hydrogen) atoms. The molecule has 2 aromatic rings. The van der Waals surface area contributed by atoms with Crippen LogP contribution in [0.5, 0.6) is 11.5 Å². The van der Waals surface area contributed by atoms with Crippen LogP contribution in [-0.4, -0.2) is 43.4 Å². The molecule has 2 aromatic carbocycles. The van der Waals surface area contributed by atoms with Crippen LogP contribution in [0.2, 0.25) is 0 Å². The number of halogens is 1. The van der Waals surface area contributed by atoms with E-state index in [1.165, 1.54) is 6.07 Å². The van der Waals surface area contributed by atoms with E-state index in [1.54, 1.807) is 29.2 Å². The molecule has 0 aliphatic carbocycles. The second kappa shape index (κ2) is 6.33. The number of hydrogen-bond acceptors (Lipinski definition) is 4. The third-order valence-electron chi connectivity index (χ3n) is 5.41. The number of fused-ring (bicyclic) bond motifs is 2. The molecule has 6 nitrogen and oxygen atoms in total. The van der Waals surface area contributed by atoms with Crippen molar-refractivity contribution in [2.45, 2.75) is 18.9 Å². The number of ether oxygens (including phenoxy) is 2. The highest BCUT2D eigenvalue weighted by atomic mass is 19.1. The van der Waals surface area contributed by atoms with Gasteiger partial charge in [-0.2, -0.15) is 0 Å². The molecule has 0 unspecified atom stereocenters. The van der Waals surface area contributed by atoms with Gasteiger partial charge in [0.15, 0.2) is 11.5 Å². The number of rotatable bonds is 2. The van der Waals surface area contributed by atoms with Crippen molar-refractivity contribution in [3.63, 3.8) is 0 Å². The maximum Gasteiger partial charge on any atom is 0.321 e. The Kier molecular flexibility index (Phi) is 3.81. The minimum atomic E-state index is -0.186. The van der Waals surface area contributed by atoms with Gasteiger partial charge in [0.25, 0.3) is 0 Å². The Bertz CT molecular complexity index is 898. The van der Waals surface area contributed by atoms with Gasteiger partial charge in [-0.1, -0.05) is 0 Å². The molecule has 3 heterocycles. The first-order valence-corrected chi connectivity index (χ1v) is 9.18. The van der Waals surface area contributed by atoms with Gasteiger partial charge in [-0.15, -0.1) is 0 Å². The van der Waals surface area contributed by atoms with Gasteiger partial charge in [0.2, 0.25) is 6.79 Å². The summed E-state index contributed by atoms with van der Waals surface area (Å²) in [6, 6.07) is 10.5. The first-order valence-electron chi connectivity index (χ1n) is 9.18. The van der Waals surface area contributed by atoms with Crippen LogP contribution >= 0.6 is 0 Å². The first kappa shape index (κ1) is 16.2. The summed E-state index contributed by atoms with van der Waals surface area (Å²) in [7, 11) is 0.